The molecule has 15 nitrogen and oxygen atoms in total. The minimum Gasteiger partial charge on any atom is -0.503 e. The van der Waals surface area contributed by atoms with Crippen molar-refractivity contribution in [3.05, 3.63) is 107 Å². The molecular formula is C34H26Br4N4O11S. The number of nitrogens with one attached hydrogen (secondary N) is 2. The number of amides is 2. The number of hydrogen-bond donors (Lipinski definition) is 6. The summed E-state index contributed by atoms with van der Waals surface area (Å²) in [5, 5.41) is 41.8. The van der Waals surface area contributed by atoms with E-state index in [1.54, 1.807) is 36.4 Å². The van der Waals surface area contributed by atoms with E-state index >= 15 is 0 Å². The Morgan fingerprint density at radius 3 is 2.00 bits per heavy atom. The van der Waals surface area contributed by atoms with E-state index < -0.39 is 22.2 Å². The molecule has 0 unspecified atom stereocenters. The molecule has 282 valence electrons. The zero-order valence-corrected chi connectivity index (χ0v) is 34.4. The van der Waals surface area contributed by atoms with Crippen molar-refractivity contribution in [3.8, 4) is 34.5 Å². The maximum Gasteiger partial charge on any atom is 0.446 e. The zero-order valence-electron chi connectivity index (χ0n) is 27.2. The van der Waals surface area contributed by atoms with Gasteiger partial charge in [0.05, 0.1) is 17.9 Å². The number of oxime groups is 2. The summed E-state index contributed by atoms with van der Waals surface area (Å²) in [6.07, 6.45) is 2.84. The van der Waals surface area contributed by atoms with E-state index in [0.717, 1.165) is 0 Å². The first kappa shape index (κ1) is 40.7. The minimum atomic E-state index is -4.92. The predicted molar refractivity (Wildman–Crippen MR) is 210 cm³/mol. The fourth-order valence-electron chi connectivity index (χ4n) is 4.95. The Morgan fingerprint density at radius 1 is 0.722 bits per heavy atom. The highest BCUT2D eigenvalue weighted by Gasteiger charge is 2.21. The van der Waals surface area contributed by atoms with E-state index in [9.17, 15) is 38.1 Å². The third kappa shape index (κ3) is 10.6. The highest BCUT2D eigenvalue weighted by atomic mass is 79.9. The van der Waals surface area contributed by atoms with Gasteiger partial charge >= 0.3 is 10.4 Å². The summed E-state index contributed by atoms with van der Waals surface area (Å²) in [4.78, 5) is 26.0. The monoisotopic (exact) mass is 1010 g/mol. The zero-order chi connectivity index (χ0) is 39.2. The van der Waals surface area contributed by atoms with Gasteiger partial charge in [-0.1, -0.05) is 22.4 Å². The summed E-state index contributed by atoms with van der Waals surface area (Å²) >= 11 is 13.6. The van der Waals surface area contributed by atoms with E-state index in [2.05, 4.69) is 84.7 Å². The maximum absolute atomic E-state index is 13.0. The molecule has 0 fully saturated rings. The van der Waals surface area contributed by atoms with Crippen LogP contribution in [0.2, 0.25) is 0 Å². The number of carbonyl (C=O) groups is 2. The lowest BCUT2D eigenvalue weighted by atomic mass is 10.1. The number of aromatic hydroxyl groups is 1. The summed E-state index contributed by atoms with van der Waals surface area (Å²) in [5.74, 6) is -1.55. The molecule has 0 saturated carbocycles. The Labute approximate surface area is 341 Å². The van der Waals surface area contributed by atoms with Gasteiger partial charge in [-0.3, -0.25) is 14.1 Å². The van der Waals surface area contributed by atoms with Crippen LogP contribution >= 0.6 is 63.7 Å². The van der Waals surface area contributed by atoms with Crippen LogP contribution in [-0.2, 0) is 39.3 Å². The maximum atomic E-state index is 13.0. The fourth-order valence-corrected chi connectivity index (χ4v) is 7.72. The first-order valence-corrected chi connectivity index (χ1v) is 19.8. The van der Waals surface area contributed by atoms with Crippen molar-refractivity contribution < 1.29 is 51.7 Å². The lowest BCUT2D eigenvalue weighted by Gasteiger charge is -2.15. The highest BCUT2D eigenvalue weighted by Crippen LogP contribution is 2.44. The molecule has 0 spiro atoms. The average molecular weight is 1020 g/mol. The van der Waals surface area contributed by atoms with Gasteiger partial charge in [-0.2, -0.15) is 8.42 Å². The normalized spacial score (nSPS) is 16.5. The standard InChI is InChI=1S/C34H26Br4N4O11S/c35-21-9-17-1-3-27(21)51-29-15-18(2-4-28(29)53-54(48,49)50)6-8-40-33(44)25(41-46)13-19-11-23(37)32(24(38)12-19)52-30-16-20(10-22(36)31(30)43)14-26(42-47)34(45)39-7-5-17/h1-5,7,9-12,15-16,43,46-47H,6,8,13-14H2,(H,39,45)(H,40,44)(H,48,49,50)/b7-5+,41-25-,42-26-. The van der Waals surface area contributed by atoms with Crippen LogP contribution in [0.4, 0.5) is 0 Å². The molecule has 4 aromatic rings. The summed E-state index contributed by atoms with van der Waals surface area (Å²) in [6, 6.07) is 15.3. The molecule has 8 bridgehead atoms. The molecule has 4 heterocycles. The Kier molecular flexibility index (Phi) is 13.4. The van der Waals surface area contributed by atoms with Crippen LogP contribution in [0.1, 0.15) is 22.3 Å². The molecule has 8 rings (SSSR count). The molecule has 4 aliphatic heterocycles. The number of phenols is 1. The average Bonchev–Trinajstić information content (AvgIpc) is 3.10. The number of rotatable bonds is 2. The van der Waals surface area contributed by atoms with E-state index in [0.29, 0.717) is 35.7 Å². The number of nitrogens with zero attached hydrogens (tertiary/aromatic N) is 2. The number of phenolic OH excluding ortho intramolecular Hbond substituents is 1. The van der Waals surface area contributed by atoms with Gasteiger partial charge in [0.25, 0.3) is 11.8 Å². The number of carbonyl (C=O) groups excluding carboxylic acids is 2. The first-order valence-electron chi connectivity index (χ1n) is 15.3. The van der Waals surface area contributed by atoms with Crippen molar-refractivity contribution in [2.24, 2.45) is 10.3 Å². The summed E-state index contributed by atoms with van der Waals surface area (Å²) < 4.78 is 50.7. The minimum absolute atomic E-state index is 0.00184. The van der Waals surface area contributed by atoms with Crippen LogP contribution < -0.4 is 24.3 Å². The summed E-state index contributed by atoms with van der Waals surface area (Å²) in [5.41, 5.74) is 1.67. The Morgan fingerprint density at radius 2 is 1.35 bits per heavy atom. The molecule has 0 saturated heterocycles. The molecule has 2 amide bonds. The summed E-state index contributed by atoms with van der Waals surface area (Å²) in [7, 11) is -4.92. The van der Waals surface area contributed by atoms with Crippen molar-refractivity contribution >= 4 is 103 Å². The second-order valence-corrected chi connectivity index (χ2v) is 15.7. The van der Waals surface area contributed by atoms with Crippen LogP contribution in [0.25, 0.3) is 6.08 Å². The molecule has 54 heavy (non-hydrogen) atoms. The molecule has 0 radical (unpaired) electrons. The topological polar surface area (TPSA) is 226 Å². The predicted octanol–water partition coefficient (Wildman–Crippen LogP) is 7.41. The molecule has 0 aromatic heterocycles. The van der Waals surface area contributed by atoms with E-state index in [4.69, 9.17) is 13.7 Å². The van der Waals surface area contributed by atoms with Gasteiger partial charge in [0, 0.05) is 25.6 Å². The Balaban J connectivity index is 1.51. The van der Waals surface area contributed by atoms with Crippen LogP contribution in [-0.4, -0.2) is 58.3 Å². The molecule has 0 atom stereocenters. The molecule has 0 aliphatic carbocycles. The molecule has 6 N–H and O–H groups in total. The smallest absolute Gasteiger partial charge is 0.446 e. The molecular weight excluding hydrogens is 992 g/mol. The molecule has 4 aliphatic rings. The van der Waals surface area contributed by atoms with Gasteiger partial charge in [-0.15, -0.1) is 0 Å². The van der Waals surface area contributed by atoms with E-state index in [-0.39, 0.29) is 76.2 Å². The quantitative estimate of drug-likeness (QED) is 0.0659. The second-order valence-electron chi connectivity index (χ2n) is 11.3. The Bertz CT molecular complexity index is 2310. The SMILES string of the molecule is O=C1N/C=C/c2ccc(c(Br)c2)Oc2cc(ccc2OS(=O)(=O)O)CCNC(=O)/C(=N\O)Cc2cc(Br)c(c(Br)c2)Oc2cc(cc(Br)c2O)C/C1=N/O. The second kappa shape index (κ2) is 17.8. The van der Waals surface area contributed by atoms with Crippen molar-refractivity contribution in [1.29, 1.82) is 0 Å². The first-order chi connectivity index (χ1) is 25.6. The van der Waals surface area contributed by atoms with E-state index in [1.165, 1.54) is 36.5 Å². The van der Waals surface area contributed by atoms with Crippen LogP contribution in [0, 0.1) is 0 Å². The van der Waals surface area contributed by atoms with Gasteiger partial charge in [0.1, 0.15) is 17.2 Å². The largest absolute Gasteiger partial charge is 0.503 e. The Hall–Kier alpha value is -4.47. The molecule has 20 heteroatoms. The van der Waals surface area contributed by atoms with Gasteiger partial charge in [-0.05, 0) is 147 Å². The van der Waals surface area contributed by atoms with Gasteiger partial charge < -0.3 is 39.8 Å². The number of ether oxygens (including phenoxy) is 2. The van der Waals surface area contributed by atoms with Crippen molar-refractivity contribution in [2.75, 3.05) is 6.54 Å². The number of hydrogen-bond acceptors (Lipinski definition) is 12. The number of benzene rings is 4. The molecule has 4 aromatic carbocycles. The van der Waals surface area contributed by atoms with Gasteiger partial charge in [-0.25, -0.2) is 0 Å². The summed E-state index contributed by atoms with van der Waals surface area (Å²) in [6.45, 7) is 0.0704. The van der Waals surface area contributed by atoms with Crippen molar-refractivity contribution in [3.63, 3.8) is 0 Å². The van der Waals surface area contributed by atoms with Crippen LogP contribution in [0.15, 0.2) is 95.1 Å². The van der Waals surface area contributed by atoms with Gasteiger partial charge in [0.15, 0.2) is 28.7 Å². The van der Waals surface area contributed by atoms with E-state index in [1.807, 2.05) is 0 Å². The third-order valence-electron chi connectivity index (χ3n) is 7.44. The fraction of sp³-hybridized carbons (Fsp3) is 0.118. The highest BCUT2D eigenvalue weighted by molar-refractivity contribution is 9.11. The third-order valence-corrected chi connectivity index (χ3v) is 10.2. The van der Waals surface area contributed by atoms with Crippen molar-refractivity contribution in [1.82, 2.24) is 10.6 Å². The lowest BCUT2D eigenvalue weighted by molar-refractivity contribution is -0.115. The van der Waals surface area contributed by atoms with Gasteiger partial charge in [0.2, 0.25) is 0 Å². The number of halogens is 4. The van der Waals surface area contributed by atoms with Crippen molar-refractivity contribution in [2.45, 2.75) is 19.3 Å². The lowest BCUT2D eigenvalue weighted by Crippen LogP contribution is -2.33. The van der Waals surface area contributed by atoms with Crippen LogP contribution in [0.3, 0.4) is 0 Å². The van der Waals surface area contributed by atoms with Crippen LogP contribution in [0.5, 0.6) is 34.5 Å².